The highest BCUT2D eigenvalue weighted by atomic mass is 16.5. The number of aromatic nitrogens is 2. The van der Waals surface area contributed by atoms with E-state index < -0.39 is 0 Å². The maximum absolute atomic E-state index is 5.87. The molecule has 3 nitrogen and oxygen atoms in total. The van der Waals surface area contributed by atoms with Crippen molar-refractivity contribution in [2.75, 3.05) is 6.61 Å². The minimum Gasteiger partial charge on any atom is -0.494 e. The zero-order chi connectivity index (χ0) is 23.0. The van der Waals surface area contributed by atoms with E-state index in [4.69, 9.17) is 4.74 Å². The van der Waals surface area contributed by atoms with E-state index in [0.29, 0.717) is 0 Å². The molecule has 0 unspecified atom stereocenters. The second-order valence-electron chi connectivity index (χ2n) is 9.99. The first kappa shape index (κ1) is 25.7. The van der Waals surface area contributed by atoms with Gasteiger partial charge in [0, 0.05) is 11.8 Å². The molecule has 1 aromatic carbocycles. The smallest absolute Gasteiger partial charge is 0.119 e. The van der Waals surface area contributed by atoms with Gasteiger partial charge in [-0.15, -0.1) is 0 Å². The molecule has 0 atom stereocenters. The van der Waals surface area contributed by atoms with Crippen LogP contribution >= 0.6 is 0 Å². The van der Waals surface area contributed by atoms with Gasteiger partial charge in [0.25, 0.3) is 0 Å². The van der Waals surface area contributed by atoms with Crippen LogP contribution in [0.3, 0.4) is 0 Å². The van der Waals surface area contributed by atoms with Gasteiger partial charge in [0.15, 0.2) is 0 Å². The molecule has 1 saturated carbocycles. The lowest BCUT2D eigenvalue weighted by atomic mass is 9.99. The number of benzene rings is 1. The number of unbranched alkanes of at least 4 members (excludes halogenated alkanes) is 9. The molecule has 1 aliphatic carbocycles. The summed E-state index contributed by atoms with van der Waals surface area (Å²) < 4.78 is 5.87. The number of hydrogen-bond donors (Lipinski definition) is 0. The Morgan fingerprint density at radius 2 is 1.45 bits per heavy atom. The molecule has 2 aromatic rings. The zero-order valence-corrected chi connectivity index (χ0v) is 21.1. The van der Waals surface area contributed by atoms with Crippen LogP contribution in [0, 0.1) is 5.92 Å². The number of nitrogens with zero attached hydrogens (tertiary/aromatic N) is 2. The van der Waals surface area contributed by atoms with Gasteiger partial charge in [-0.1, -0.05) is 96.8 Å². The summed E-state index contributed by atoms with van der Waals surface area (Å²) >= 11 is 0. The highest BCUT2D eigenvalue weighted by Gasteiger charge is 2.13. The summed E-state index contributed by atoms with van der Waals surface area (Å²) in [7, 11) is 0. The second-order valence-corrected chi connectivity index (χ2v) is 9.99. The van der Waals surface area contributed by atoms with E-state index in [0.717, 1.165) is 48.1 Å². The van der Waals surface area contributed by atoms with Crippen LogP contribution in [0.2, 0.25) is 0 Å². The second kappa shape index (κ2) is 15.9. The Hall–Kier alpha value is -1.90. The first-order chi connectivity index (χ1) is 16.3. The fourth-order valence-electron chi connectivity index (χ4n) is 5.00. The van der Waals surface area contributed by atoms with Crippen molar-refractivity contribution < 1.29 is 4.74 Å². The van der Waals surface area contributed by atoms with Crippen molar-refractivity contribution in [1.29, 1.82) is 0 Å². The molecule has 3 heteroatoms. The fourth-order valence-corrected chi connectivity index (χ4v) is 5.00. The van der Waals surface area contributed by atoms with Crippen LogP contribution < -0.4 is 4.74 Å². The van der Waals surface area contributed by atoms with E-state index >= 15 is 0 Å². The summed E-state index contributed by atoms with van der Waals surface area (Å²) in [5, 5.41) is 0. The summed E-state index contributed by atoms with van der Waals surface area (Å²) in [6.07, 6.45) is 26.8. The van der Waals surface area contributed by atoms with Gasteiger partial charge in [-0.2, -0.15) is 0 Å². The van der Waals surface area contributed by atoms with Crippen LogP contribution in [0.25, 0.3) is 11.3 Å². The van der Waals surface area contributed by atoms with Crippen molar-refractivity contribution in [3.8, 4) is 17.0 Å². The summed E-state index contributed by atoms with van der Waals surface area (Å²) in [6, 6.07) is 8.26. The molecule has 0 radical (unpaired) electrons. The average molecular weight is 451 g/mol. The summed E-state index contributed by atoms with van der Waals surface area (Å²) in [4.78, 5) is 9.32. The van der Waals surface area contributed by atoms with Gasteiger partial charge >= 0.3 is 0 Å². The lowest BCUT2D eigenvalue weighted by Gasteiger charge is -2.08. The molecule has 0 spiro atoms. The predicted octanol–water partition coefficient (Wildman–Crippen LogP) is 8.96. The lowest BCUT2D eigenvalue weighted by molar-refractivity contribution is 0.304. The average Bonchev–Trinajstić information content (AvgIpc) is 3.37. The molecule has 3 rings (SSSR count). The van der Waals surface area contributed by atoms with Crippen LogP contribution in [0.1, 0.15) is 115 Å². The number of ether oxygens (including phenoxy) is 1. The van der Waals surface area contributed by atoms with Crippen molar-refractivity contribution >= 4 is 0 Å². The third-order valence-corrected chi connectivity index (χ3v) is 7.14. The summed E-state index contributed by atoms with van der Waals surface area (Å²) in [5.41, 5.74) is 3.15. The van der Waals surface area contributed by atoms with Crippen LogP contribution in [-0.2, 0) is 6.42 Å². The van der Waals surface area contributed by atoms with Crippen molar-refractivity contribution in [1.82, 2.24) is 9.97 Å². The minimum absolute atomic E-state index is 0.804. The Morgan fingerprint density at radius 3 is 2.18 bits per heavy atom. The Bertz CT molecular complexity index is 735. The van der Waals surface area contributed by atoms with Crippen LogP contribution in [-0.4, -0.2) is 16.6 Å². The molecule has 1 heterocycles. The molecular formula is C30H46N2O. The minimum atomic E-state index is 0.804. The van der Waals surface area contributed by atoms with E-state index in [1.54, 1.807) is 0 Å². The van der Waals surface area contributed by atoms with Gasteiger partial charge < -0.3 is 4.74 Å². The normalized spacial score (nSPS) is 14.1. The zero-order valence-electron chi connectivity index (χ0n) is 21.1. The first-order valence-corrected chi connectivity index (χ1v) is 13.9. The van der Waals surface area contributed by atoms with Gasteiger partial charge in [0.1, 0.15) is 5.75 Å². The number of rotatable bonds is 17. The Kier molecular flexibility index (Phi) is 12.4. The third kappa shape index (κ3) is 10.3. The maximum atomic E-state index is 5.87. The van der Waals surface area contributed by atoms with Gasteiger partial charge in [-0.3, -0.25) is 9.97 Å². The molecule has 0 bridgehead atoms. The summed E-state index contributed by atoms with van der Waals surface area (Å²) in [6.45, 7) is 3.05. The molecule has 1 aromatic heterocycles. The lowest BCUT2D eigenvalue weighted by Crippen LogP contribution is -1.97. The molecule has 0 amide bonds. The quantitative estimate of drug-likeness (QED) is 0.226. The third-order valence-electron chi connectivity index (χ3n) is 7.14. The predicted molar refractivity (Wildman–Crippen MR) is 140 cm³/mol. The summed E-state index contributed by atoms with van der Waals surface area (Å²) in [5.74, 6) is 2.00. The Balaban J connectivity index is 1.26. The van der Waals surface area contributed by atoms with Gasteiger partial charge in [0.2, 0.25) is 0 Å². The number of hydrogen-bond acceptors (Lipinski definition) is 3. The van der Waals surface area contributed by atoms with Crippen molar-refractivity contribution in [2.45, 2.75) is 116 Å². The Labute approximate surface area is 202 Å². The molecule has 0 aliphatic heterocycles. The van der Waals surface area contributed by atoms with E-state index in [-0.39, 0.29) is 0 Å². The van der Waals surface area contributed by atoms with Crippen LogP contribution in [0.15, 0.2) is 36.7 Å². The molecule has 0 N–H and O–H groups in total. The van der Waals surface area contributed by atoms with Crippen LogP contribution in [0.5, 0.6) is 5.75 Å². The van der Waals surface area contributed by atoms with Gasteiger partial charge in [-0.05, 0) is 49.4 Å². The molecule has 33 heavy (non-hydrogen) atoms. The van der Waals surface area contributed by atoms with Crippen molar-refractivity contribution in [2.24, 2.45) is 5.92 Å². The van der Waals surface area contributed by atoms with E-state index in [9.17, 15) is 0 Å². The monoisotopic (exact) mass is 450 g/mol. The first-order valence-electron chi connectivity index (χ1n) is 13.9. The molecule has 182 valence electrons. The van der Waals surface area contributed by atoms with Crippen LogP contribution in [0.4, 0.5) is 0 Å². The molecule has 0 saturated heterocycles. The fraction of sp³-hybridized carbons (Fsp3) is 0.667. The van der Waals surface area contributed by atoms with Gasteiger partial charge in [0.05, 0.1) is 24.2 Å². The topological polar surface area (TPSA) is 35.0 Å². The largest absolute Gasteiger partial charge is 0.494 e. The Morgan fingerprint density at radius 1 is 0.758 bits per heavy atom. The van der Waals surface area contributed by atoms with Crippen molar-refractivity contribution in [3.05, 3.63) is 42.4 Å². The standard InChI is InChI=1S/C30H46N2O/c1-2-3-4-9-14-23-33-29-21-19-27(20-22-29)30-25-31-28(24-32-30)18-11-8-6-5-7-10-15-26-16-12-13-17-26/h19-22,24-26H,2-18,23H2,1H3. The molecule has 1 aliphatic rings. The van der Waals surface area contributed by atoms with Gasteiger partial charge in [-0.25, -0.2) is 0 Å². The van der Waals surface area contributed by atoms with Crippen molar-refractivity contribution in [3.63, 3.8) is 0 Å². The highest BCUT2D eigenvalue weighted by Crippen LogP contribution is 2.29. The SMILES string of the molecule is CCCCCCCOc1ccc(-c2cnc(CCCCCCCCC3CCCC3)cn2)cc1. The van der Waals surface area contributed by atoms with E-state index in [2.05, 4.69) is 29.0 Å². The maximum Gasteiger partial charge on any atom is 0.119 e. The van der Waals surface area contributed by atoms with E-state index in [1.165, 1.54) is 96.3 Å². The molecule has 1 fully saturated rings. The number of aryl methyl sites for hydroxylation is 1. The highest BCUT2D eigenvalue weighted by molar-refractivity contribution is 5.58. The molecular weight excluding hydrogens is 404 g/mol. The van der Waals surface area contributed by atoms with E-state index in [1.807, 2.05) is 24.5 Å².